The molecule has 0 radical (unpaired) electrons. The lowest BCUT2D eigenvalue weighted by atomic mass is 9.95. The summed E-state index contributed by atoms with van der Waals surface area (Å²) in [6, 6.07) is 0. The molecule has 3 heterocycles. The second-order valence-electron chi connectivity index (χ2n) is 5.55. The van der Waals surface area contributed by atoms with Crippen LogP contribution in [-0.2, 0) is 31.9 Å². The molecule has 0 fully saturated rings. The summed E-state index contributed by atoms with van der Waals surface area (Å²) in [5, 5.41) is 8.81. The predicted octanol–water partition coefficient (Wildman–Crippen LogP) is 0.899. The van der Waals surface area contributed by atoms with E-state index in [-0.39, 0.29) is 0 Å². The number of aromatic nitrogens is 4. The van der Waals surface area contributed by atoms with Crippen LogP contribution in [0.1, 0.15) is 22.7 Å². The normalized spacial score (nSPS) is 19.2. The fraction of sp³-hybridized carbons (Fsp3) is 0.571. The number of fused-ring (bicyclic) bond motifs is 1. The highest BCUT2D eigenvalue weighted by molar-refractivity contribution is 5.25. The largest absolute Gasteiger partial charge is 0.384 e. The van der Waals surface area contributed by atoms with E-state index < -0.39 is 0 Å². The van der Waals surface area contributed by atoms with Gasteiger partial charge >= 0.3 is 0 Å². The zero-order valence-electron chi connectivity index (χ0n) is 12.3. The molecule has 0 amide bonds. The summed E-state index contributed by atoms with van der Waals surface area (Å²) in [6.45, 7) is 3.54. The maximum atomic E-state index is 5.37. The molecule has 1 aliphatic heterocycles. The molecule has 3 rings (SSSR count). The van der Waals surface area contributed by atoms with Crippen molar-refractivity contribution < 1.29 is 4.74 Å². The topological polar surface area (TPSA) is 48.1 Å². The molecular weight excluding hydrogens is 254 g/mol. The fourth-order valence-corrected chi connectivity index (χ4v) is 2.98. The molecule has 0 unspecified atom stereocenters. The quantitative estimate of drug-likeness (QED) is 0.832. The summed E-state index contributed by atoms with van der Waals surface area (Å²) in [4.78, 5) is 2.41. The third kappa shape index (κ3) is 2.62. The van der Waals surface area contributed by atoms with Crippen LogP contribution in [0.4, 0.5) is 0 Å². The molecule has 0 aromatic carbocycles. The Balaban J connectivity index is 1.78. The van der Waals surface area contributed by atoms with Crippen molar-refractivity contribution in [1.82, 2.24) is 24.5 Å². The lowest BCUT2D eigenvalue weighted by molar-refractivity contribution is 0.135. The van der Waals surface area contributed by atoms with E-state index in [0.29, 0.717) is 5.92 Å². The van der Waals surface area contributed by atoms with Gasteiger partial charge in [0.1, 0.15) is 0 Å². The van der Waals surface area contributed by atoms with Crippen molar-refractivity contribution in [3.8, 4) is 0 Å². The number of aryl methyl sites for hydroxylation is 2. The molecule has 2 aromatic heterocycles. The fourth-order valence-electron chi connectivity index (χ4n) is 2.98. The van der Waals surface area contributed by atoms with Crippen molar-refractivity contribution in [3.63, 3.8) is 0 Å². The van der Waals surface area contributed by atoms with Crippen LogP contribution < -0.4 is 0 Å². The molecule has 20 heavy (non-hydrogen) atoms. The minimum Gasteiger partial charge on any atom is -0.384 e. The first-order valence-electron chi connectivity index (χ1n) is 6.87. The minimum atomic E-state index is 0.397. The second kappa shape index (κ2) is 5.38. The number of hydrogen-bond donors (Lipinski definition) is 0. The van der Waals surface area contributed by atoms with E-state index in [4.69, 9.17) is 4.74 Å². The van der Waals surface area contributed by atoms with Crippen LogP contribution >= 0.6 is 0 Å². The molecule has 6 nitrogen and oxygen atoms in total. The molecular formula is C14H21N5O. The first-order valence-corrected chi connectivity index (χ1v) is 6.87. The zero-order valence-corrected chi connectivity index (χ0v) is 12.3. The molecule has 0 aliphatic carbocycles. The predicted molar refractivity (Wildman–Crippen MR) is 75.1 cm³/mol. The van der Waals surface area contributed by atoms with Crippen LogP contribution in [0.15, 0.2) is 18.6 Å². The van der Waals surface area contributed by atoms with E-state index >= 15 is 0 Å². The Kier molecular flexibility index (Phi) is 3.58. The molecule has 0 spiro atoms. The Morgan fingerprint density at radius 1 is 1.30 bits per heavy atom. The van der Waals surface area contributed by atoms with E-state index in [1.165, 1.54) is 16.8 Å². The average molecular weight is 275 g/mol. The summed E-state index contributed by atoms with van der Waals surface area (Å²) in [6.07, 6.45) is 6.12. The smallest absolute Gasteiger partial charge is 0.0800 e. The molecule has 6 heteroatoms. The zero-order chi connectivity index (χ0) is 14.1. The monoisotopic (exact) mass is 275 g/mol. The number of methoxy groups -OCH3 is 1. The van der Waals surface area contributed by atoms with Crippen molar-refractivity contribution in [2.75, 3.05) is 20.3 Å². The van der Waals surface area contributed by atoms with E-state index in [2.05, 4.69) is 27.5 Å². The Morgan fingerprint density at radius 3 is 2.85 bits per heavy atom. The van der Waals surface area contributed by atoms with E-state index in [9.17, 15) is 0 Å². The standard InChI is InChI=1S/C14H21N5O/c1-17-5-11(4-15-17)6-19-7-12(10-20-3)13-8-18(2)16-14(13)9-19/h4-5,8,12H,6-7,9-10H2,1-3H3/t12-/m1/s1. The lowest BCUT2D eigenvalue weighted by Crippen LogP contribution is -2.34. The average Bonchev–Trinajstić information content (AvgIpc) is 2.95. The van der Waals surface area contributed by atoms with Crippen LogP contribution in [0.5, 0.6) is 0 Å². The van der Waals surface area contributed by atoms with Crippen LogP contribution in [0.3, 0.4) is 0 Å². The van der Waals surface area contributed by atoms with Gasteiger partial charge in [-0.15, -0.1) is 0 Å². The van der Waals surface area contributed by atoms with Crippen LogP contribution in [0.25, 0.3) is 0 Å². The van der Waals surface area contributed by atoms with Gasteiger partial charge in [-0.05, 0) is 0 Å². The molecule has 0 saturated carbocycles. The Hall–Kier alpha value is -1.66. The molecule has 0 N–H and O–H groups in total. The first kappa shape index (κ1) is 13.3. The van der Waals surface area contributed by atoms with Gasteiger partial charge in [0.2, 0.25) is 0 Å². The maximum absolute atomic E-state index is 5.37. The van der Waals surface area contributed by atoms with Gasteiger partial charge in [-0.3, -0.25) is 14.3 Å². The van der Waals surface area contributed by atoms with Gasteiger partial charge in [-0.25, -0.2) is 0 Å². The number of nitrogens with zero attached hydrogens (tertiary/aromatic N) is 5. The van der Waals surface area contributed by atoms with Crippen molar-refractivity contribution in [2.45, 2.75) is 19.0 Å². The highest BCUT2D eigenvalue weighted by Gasteiger charge is 2.28. The number of ether oxygens (including phenoxy) is 1. The summed E-state index contributed by atoms with van der Waals surface area (Å²) < 4.78 is 9.12. The Morgan fingerprint density at radius 2 is 2.15 bits per heavy atom. The molecule has 1 atom stereocenters. The van der Waals surface area contributed by atoms with Crippen molar-refractivity contribution >= 4 is 0 Å². The van der Waals surface area contributed by atoms with Gasteiger partial charge in [-0.1, -0.05) is 0 Å². The third-order valence-corrected chi connectivity index (χ3v) is 3.76. The van der Waals surface area contributed by atoms with Gasteiger partial charge in [0.05, 0.1) is 18.5 Å². The van der Waals surface area contributed by atoms with Gasteiger partial charge in [0.15, 0.2) is 0 Å². The lowest BCUT2D eigenvalue weighted by Gasteiger charge is -2.31. The molecule has 0 bridgehead atoms. The van der Waals surface area contributed by atoms with Crippen LogP contribution in [-0.4, -0.2) is 44.7 Å². The molecule has 0 saturated heterocycles. The van der Waals surface area contributed by atoms with Gasteiger partial charge in [-0.2, -0.15) is 10.2 Å². The summed E-state index contributed by atoms with van der Waals surface area (Å²) in [7, 11) is 5.69. The van der Waals surface area contributed by atoms with E-state index in [0.717, 1.165) is 26.2 Å². The van der Waals surface area contributed by atoms with E-state index in [1.54, 1.807) is 7.11 Å². The van der Waals surface area contributed by atoms with Crippen molar-refractivity contribution in [1.29, 1.82) is 0 Å². The van der Waals surface area contributed by atoms with Crippen LogP contribution in [0, 0.1) is 0 Å². The Bertz CT molecular complexity index is 588. The third-order valence-electron chi connectivity index (χ3n) is 3.76. The molecule has 1 aliphatic rings. The summed E-state index contributed by atoms with van der Waals surface area (Å²) in [5.41, 5.74) is 3.74. The summed E-state index contributed by atoms with van der Waals surface area (Å²) >= 11 is 0. The van der Waals surface area contributed by atoms with Gasteiger partial charge < -0.3 is 4.74 Å². The van der Waals surface area contributed by atoms with Crippen molar-refractivity contribution in [3.05, 3.63) is 35.4 Å². The highest BCUT2D eigenvalue weighted by Crippen LogP contribution is 2.28. The first-order chi connectivity index (χ1) is 9.65. The molecule has 2 aromatic rings. The van der Waals surface area contributed by atoms with Gasteiger partial charge in [0, 0.05) is 70.3 Å². The number of rotatable bonds is 4. The summed E-state index contributed by atoms with van der Waals surface area (Å²) in [5.74, 6) is 0.397. The van der Waals surface area contributed by atoms with Gasteiger partial charge in [0.25, 0.3) is 0 Å². The molecule has 108 valence electrons. The number of hydrogen-bond acceptors (Lipinski definition) is 4. The van der Waals surface area contributed by atoms with Crippen molar-refractivity contribution in [2.24, 2.45) is 14.1 Å². The maximum Gasteiger partial charge on any atom is 0.0800 e. The van der Waals surface area contributed by atoms with E-state index in [1.807, 2.05) is 29.7 Å². The Labute approximate surface area is 118 Å². The minimum absolute atomic E-state index is 0.397. The second-order valence-corrected chi connectivity index (χ2v) is 5.55. The highest BCUT2D eigenvalue weighted by atomic mass is 16.5. The SMILES string of the molecule is COC[C@H]1CN(Cc2cnn(C)c2)Cc2nn(C)cc21. The van der Waals surface area contributed by atoms with Crippen LogP contribution in [0.2, 0.25) is 0 Å².